The number of nitrogens with zero attached hydrogens (tertiary/aromatic N) is 2. The number of H-pyrrole nitrogens is 1. The van der Waals surface area contributed by atoms with Gasteiger partial charge in [0, 0.05) is 22.6 Å². The number of anilines is 1. The molecule has 40 heavy (non-hydrogen) atoms. The normalized spacial score (nSPS) is 15.6. The zero-order valence-electron chi connectivity index (χ0n) is 20.3. The molecule has 210 valence electrons. The molecule has 6 N–H and O–H groups in total. The molecule has 0 radical (unpaired) electrons. The Morgan fingerprint density at radius 3 is 2.67 bits per heavy atom. The molecule has 2 heterocycles. The minimum absolute atomic E-state index is 0.0306. The van der Waals surface area contributed by atoms with E-state index in [-0.39, 0.29) is 29.9 Å². The second-order valence-electron chi connectivity index (χ2n) is 8.35. The van der Waals surface area contributed by atoms with Crippen LogP contribution in [0.25, 0.3) is 16.6 Å². The predicted molar refractivity (Wildman–Crippen MR) is 134 cm³/mol. The number of nitrogens with one attached hydrogen (secondary N) is 5. The molecular weight excluding hydrogens is 542 g/mol. The summed E-state index contributed by atoms with van der Waals surface area (Å²) < 4.78 is 54.9. The second kappa shape index (κ2) is 11.7. The highest BCUT2D eigenvalue weighted by atomic mass is 19.4. The quantitative estimate of drug-likeness (QED) is 0.179. The number of aromatic nitrogens is 2. The van der Waals surface area contributed by atoms with Crippen molar-refractivity contribution < 1.29 is 41.8 Å². The van der Waals surface area contributed by atoms with Gasteiger partial charge in [0.1, 0.15) is 11.9 Å². The van der Waals surface area contributed by atoms with Crippen LogP contribution in [0.1, 0.15) is 15.9 Å². The number of carboxylic acid groups (broad SMARTS) is 1. The van der Waals surface area contributed by atoms with E-state index in [0.29, 0.717) is 28.6 Å². The Kier molecular flexibility index (Phi) is 8.16. The van der Waals surface area contributed by atoms with Crippen LogP contribution < -0.4 is 26.0 Å². The molecule has 0 bridgehead atoms. The molecule has 2 aromatic carbocycles. The molecule has 1 aliphatic rings. The predicted octanol–water partition coefficient (Wildman–Crippen LogP) is 2.14. The first kappa shape index (κ1) is 27.9. The Morgan fingerprint density at radius 2 is 1.98 bits per heavy atom. The third kappa shape index (κ3) is 7.46. The number of carbonyl (C=O) groups is 3. The van der Waals surface area contributed by atoms with Crippen molar-refractivity contribution >= 4 is 46.0 Å². The van der Waals surface area contributed by atoms with Crippen molar-refractivity contribution in [3.05, 3.63) is 59.8 Å². The highest BCUT2D eigenvalue weighted by molar-refractivity contribution is 6.07. The fraction of sp³-hybridized carbons (Fsp3) is 0.208. The molecule has 0 fully saturated rings. The lowest BCUT2D eigenvalue weighted by Gasteiger charge is -2.19. The lowest BCUT2D eigenvalue weighted by atomic mass is 10.1. The topological polar surface area (TPSA) is 170 Å². The Bertz CT molecular complexity index is 1500. The highest BCUT2D eigenvalue weighted by Crippen LogP contribution is 2.26. The SMILES string of the molecule is O=C(O)/C=C(/NC(=O)CNC(=O)c1cc(NC2=NCC(F)CN2)c2cn[nH]c2c1)c1cccc(OC(F)(F)F)c1. The number of halogens is 4. The lowest BCUT2D eigenvalue weighted by molar-refractivity contribution is -0.274. The van der Waals surface area contributed by atoms with Crippen LogP contribution in [0.2, 0.25) is 0 Å². The van der Waals surface area contributed by atoms with Gasteiger partial charge in [-0.15, -0.1) is 13.2 Å². The fourth-order valence-corrected chi connectivity index (χ4v) is 3.65. The van der Waals surface area contributed by atoms with Crippen molar-refractivity contribution in [2.45, 2.75) is 12.5 Å². The van der Waals surface area contributed by atoms with E-state index >= 15 is 0 Å². The van der Waals surface area contributed by atoms with Gasteiger partial charge in [0.15, 0.2) is 5.96 Å². The average molecular weight is 563 g/mol. The Balaban J connectivity index is 1.45. The number of fused-ring (bicyclic) bond motifs is 1. The van der Waals surface area contributed by atoms with Gasteiger partial charge in [-0.2, -0.15) is 5.10 Å². The number of aromatic amines is 1. The van der Waals surface area contributed by atoms with Gasteiger partial charge in [-0.1, -0.05) is 12.1 Å². The van der Waals surface area contributed by atoms with Crippen LogP contribution in [-0.4, -0.2) is 71.2 Å². The van der Waals surface area contributed by atoms with Crippen LogP contribution in [0.5, 0.6) is 5.75 Å². The average Bonchev–Trinajstić information content (AvgIpc) is 3.36. The smallest absolute Gasteiger partial charge is 0.478 e. The number of guanidine groups is 1. The van der Waals surface area contributed by atoms with E-state index in [1.807, 2.05) is 0 Å². The first-order valence-electron chi connectivity index (χ1n) is 11.5. The third-order valence-electron chi connectivity index (χ3n) is 5.34. The van der Waals surface area contributed by atoms with Gasteiger partial charge in [0.05, 0.1) is 42.7 Å². The molecule has 1 unspecified atom stereocenters. The number of hydrogen-bond donors (Lipinski definition) is 6. The number of hydrogen-bond acceptors (Lipinski definition) is 8. The number of ether oxygens (including phenoxy) is 1. The maximum Gasteiger partial charge on any atom is 0.573 e. The van der Waals surface area contributed by atoms with E-state index in [1.54, 1.807) is 0 Å². The third-order valence-corrected chi connectivity index (χ3v) is 5.34. The molecule has 16 heteroatoms. The summed E-state index contributed by atoms with van der Waals surface area (Å²) in [7, 11) is 0. The van der Waals surface area contributed by atoms with Crippen LogP contribution in [0, 0.1) is 0 Å². The minimum Gasteiger partial charge on any atom is -0.478 e. The van der Waals surface area contributed by atoms with Crippen LogP contribution in [-0.2, 0) is 9.59 Å². The fourth-order valence-electron chi connectivity index (χ4n) is 3.65. The first-order chi connectivity index (χ1) is 19.0. The molecule has 3 aromatic rings. The van der Waals surface area contributed by atoms with Crippen molar-refractivity contribution in [1.82, 2.24) is 26.1 Å². The largest absolute Gasteiger partial charge is 0.573 e. The zero-order chi connectivity index (χ0) is 28.9. The van der Waals surface area contributed by atoms with Crippen LogP contribution in [0.3, 0.4) is 0 Å². The Labute approximate surface area is 222 Å². The molecule has 4 rings (SSSR count). The van der Waals surface area contributed by atoms with Gasteiger partial charge < -0.3 is 31.1 Å². The van der Waals surface area contributed by atoms with Crippen molar-refractivity contribution in [3.8, 4) is 5.75 Å². The summed E-state index contributed by atoms with van der Waals surface area (Å²) in [5.74, 6) is -3.34. The number of rotatable bonds is 8. The summed E-state index contributed by atoms with van der Waals surface area (Å²) in [6.07, 6.45) is -4.00. The van der Waals surface area contributed by atoms with Crippen LogP contribution in [0.4, 0.5) is 23.2 Å². The summed E-state index contributed by atoms with van der Waals surface area (Å²) in [5, 5.41) is 26.9. The van der Waals surface area contributed by atoms with E-state index in [9.17, 15) is 31.9 Å². The standard InChI is InChI=1S/C24H21F4N7O5/c25-14-8-30-23(31-9-14)34-18-5-13(6-19-16(18)10-32-35-19)22(39)29-11-20(36)33-17(7-21(37)38)12-2-1-3-15(4-12)40-24(26,27)28/h1-7,10,14H,8-9,11H2,(H,29,39)(H,32,35)(H,33,36)(H,37,38)(H2,30,31,34)/b17-7+. The monoisotopic (exact) mass is 563 g/mol. The van der Waals surface area contributed by atoms with Gasteiger partial charge in [-0.05, 0) is 24.3 Å². The van der Waals surface area contributed by atoms with Crippen LogP contribution in [0.15, 0.2) is 53.7 Å². The number of carboxylic acids is 1. The summed E-state index contributed by atoms with van der Waals surface area (Å²) >= 11 is 0. The van der Waals surface area contributed by atoms with Gasteiger partial charge in [0.2, 0.25) is 5.91 Å². The van der Waals surface area contributed by atoms with Crippen LogP contribution >= 0.6 is 0 Å². The molecule has 1 atom stereocenters. The van der Waals surface area contributed by atoms with Gasteiger partial charge in [0.25, 0.3) is 5.91 Å². The summed E-state index contributed by atoms with van der Waals surface area (Å²) in [6, 6.07) is 7.31. The molecular formula is C24H21F4N7O5. The van der Waals surface area contributed by atoms with Gasteiger partial charge in [-0.3, -0.25) is 14.7 Å². The summed E-state index contributed by atoms with van der Waals surface area (Å²) in [6.45, 7) is -0.574. The Morgan fingerprint density at radius 1 is 1.18 bits per heavy atom. The van der Waals surface area contributed by atoms with Crippen molar-refractivity contribution in [1.29, 1.82) is 0 Å². The number of carbonyl (C=O) groups excluding carboxylic acids is 2. The van der Waals surface area contributed by atoms with Crippen molar-refractivity contribution in [2.24, 2.45) is 4.99 Å². The molecule has 0 spiro atoms. The molecule has 2 amide bonds. The zero-order valence-corrected chi connectivity index (χ0v) is 20.3. The number of alkyl halides is 4. The van der Waals surface area contributed by atoms with Crippen molar-refractivity contribution in [2.75, 3.05) is 25.0 Å². The number of benzene rings is 2. The molecule has 0 aliphatic carbocycles. The van der Waals surface area contributed by atoms with Gasteiger partial charge >= 0.3 is 12.3 Å². The van der Waals surface area contributed by atoms with Crippen molar-refractivity contribution in [3.63, 3.8) is 0 Å². The minimum atomic E-state index is -4.98. The second-order valence-corrected chi connectivity index (χ2v) is 8.35. The van der Waals surface area contributed by atoms with E-state index < -0.39 is 42.6 Å². The number of aliphatic imine (C=N–C) groups is 1. The summed E-state index contributed by atoms with van der Waals surface area (Å²) in [4.78, 5) is 40.7. The molecule has 0 saturated carbocycles. The Hall–Kier alpha value is -5.15. The van der Waals surface area contributed by atoms with E-state index in [1.165, 1.54) is 30.5 Å². The van der Waals surface area contributed by atoms with E-state index in [2.05, 4.69) is 41.2 Å². The first-order valence-corrected chi connectivity index (χ1v) is 11.5. The number of aliphatic carboxylic acids is 1. The molecule has 1 aromatic heterocycles. The van der Waals surface area contributed by atoms with E-state index in [4.69, 9.17) is 5.11 Å². The number of amides is 2. The lowest BCUT2D eigenvalue weighted by Crippen LogP contribution is -2.41. The molecule has 1 aliphatic heterocycles. The summed E-state index contributed by atoms with van der Waals surface area (Å²) in [5.41, 5.74) is 0.609. The molecule has 0 saturated heterocycles. The highest BCUT2D eigenvalue weighted by Gasteiger charge is 2.31. The molecule has 12 nitrogen and oxygen atoms in total. The van der Waals surface area contributed by atoms with Gasteiger partial charge in [-0.25, -0.2) is 14.2 Å². The maximum atomic E-state index is 13.4. The van der Waals surface area contributed by atoms with E-state index in [0.717, 1.165) is 12.1 Å². The maximum absolute atomic E-state index is 13.4.